The summed E-state index contributed by atoms with van der Waals surface area (Å²) in [5, 5.41) is 0. The van der Waals surface area contributed by atoms with Crippen molar-refractivity contribution in [3.05, 3.63) is 0 Å². The van der Waals surface area contributed by atoms with E-state index < -0.39 is 0 Å². The molecule has 0 radical (unpaired) electrons. The van der Waals surface area contributed by atoms with Crippen molar-refractivity contribution in [2.75, 3.05) is 26.3 Å². The molecule has 0 saturated carbocycles. The molecule has 0 N–H and O–H groups in total. The fourth-order valence-electron chi connectivity index (χ4n) is 6.97. The van der Waals surface area contributed by atoms with Gasteiger partial charge in [-0.15, -0.1) is 0 Å². The minimum absolute atomic E-state index is 0.0600. The Hall–Kier alpha value is -1.92. The molecule has 0 spiro atoms. The van der Waals surface area contributed by atoms with E-state index in [0.29, 0.717) is 25.7 Å². The number of nitrogens with zero attached hydrogens (tertiary/aromatic N) is 1. The average Bonchev–Trinajstić information content (AvgIpc) is 3.14. The predicted molar refractivity (Wildman–Crippen MR) is 222 cm³/mol. The molecule has 0 rings (SSSR count). The molecule has 312 valence electrons. The van der Waals surface area contributed by atoms with Crippen molar-refractivity contribution < 1.29 is 28.7 Å². The molecule has 0 unspecified atom stereocenters. The van der Waals surface area contributed by atoms with Crippen molar-refractivity contribution >= 4 is 23.6 Å². The molecule has 53 heavy (non-hydrogen) atoms. The zero-order valence-corrected chi connectivity index (χ0v) is 35.5. The van der Waals surface area contributed by atoms with Crippen LogP contribution in [0.3, 0.4) is 0 Å². The number of hydrogen-bond donors (Lipinski definition) is 0. The first kappa shape index (κ1) is 51.1. The lowest BCUT2D eigenvalue weighted by Crippen LogP contribution is -2.37. The fourth-order valence-corrected chi connectivity index (χ4v) is 6.97. The maximum absolute atomic E-state index is 12.9. The van der Waals surface area contributed by atoms with Crippen LogP contribution in [0.25, 0.3) is 0 Å². The van der Waals surface area contributed by atoms with Gasteiger partial charge in [0, 0.05) is 25.7 Å². The molecule has 0 aromatic carbocycles. The number of ketones is 1. The second-order valence-corrected chi connectivity index (χ2v) is 15.8. The largest absolute Gasteiger partial charge is 0.464 e. The first-order chi connectivity index (χ1) is 25.9. The fraction of sp³-hybridized carbons (Fsp3) is 0.913. The summed E-state index contributed by atoms with van der Waals surface area (Å²) >= 11 is 0. The summed E-state index contributed by atoms with van der Waals surface area (Å²) < 4.78 is 10.9. The van der Waals surface area contributed by atoms with Crippen molar-refractivity contribution in [1.29, 1.82) is 0 Å². The Morgan fingerprint density at radius 2 is 0.642 bits per heavy atom. The van der Waals surface area contributed by atoms with E-state index in [1.54, 1.807) is 4.90 Å². The molecule has 0 aromatic rings. The van der Waals surface area contributed by atoms with Crippen LogP contribution in [0.1, 0.15) is 245 Å². The van der Waals surface area contributed by atoms with E-state index >= 15 is 0 Å². The molecule has 0 heterocycles. The van der Waals surface area contributed by atoms with Gasteiger partial charge in [0.2, 0.25) is 5.91 Å². The van der Waals surface area contributed by atoms with E-state index in [0.717, 1.165) is 38.5 Å². The van der Waals surface area contributed by atoms with Crippen LogP contribution in [0.4, 0.5) is 0 Å². The summed E-state index contributed by atoms with van der Waals surface area (Å²) in [5.74, 6) is -0.495. The van der Waals surface area contributed by atoms with Gasteiger partial charge in [0.15, 0.2) is 0 Å². The number of ether oxygens (including phenoxy) is 2. The summed E-state index contributed by atoms with van der Waals surface area (Å²) in [6.45, 7) is 6.85. The predicted octanol–water partition coefficient (Wildman–Crippen LogP) is 13.2. The lowest BCUT2D eigenvalue weighted by molar-refractivity contribution is -0.148. The topological polar surface area (TPSA) is 90.0 Å². The second-order valence-electron chi connectivity index (χ2n) is 15.8. The molecular formula is C46H87NO6. The van der Waals surface area contributed by atoms with Crippen molar-refractivity contribution in [3.63, 3.8) is 0 Å². The zero-order chi connectivity index (χ0) is 38.9. The van der Waals surface area contributed by atoms with Gasteiger partial charge in [-0.3, -0.25) is 14.4 Å². The number of carbonyl (C=O) groups is 4. The van der Waals surface area contributed by atoms with Gasteiger partial charge in [0.1, 0.15) is 19.0 Å². The summed E-state index contributed by atoms with van der Waals surface area (Å²) in [6, 6.07) is 0. The van der Waals surface area contributed by atoms with E-state index in [9.17, 15) is 19.2 Å². The molecule has 1 amide bonds. The summed E-state index contributed by atoms with van der Waals surface area (Å²) in [4.78, 5) is 50.5. The Bertz CT molecular complexity index is 794. The first-order valence-corrected chi connectivity index (χ1v) is 23.0. The van der Waals surface area contributed by atoms with Crippen molar-refractivity contribution in [1.82, 2.24) is 4.90 Å². The van der Waals surface area contributed by atoms with Crippen LogP contribution in [-0.2, 0) is 28.7 Å². The molecule has 0 aromatic heterocycles. The Morgan fingerprint density at radius 3 is 0.925 bits per heavy atom. The lowest BCUT2D eigenvalue weighted by atomic mass is 10.0. The Morgan fingerprint density at radius 1 is 0.358 bits per heavy atom. The number of hydrogen-bond acceptors (Lipinski definition) is 6. The normalized spacial score (nSPS) is 11.2. The van der Waals surface area contributed by atoms with E-state index in [1.165, 1.54) is 161 Å². The van der Waals surface area contributed by atoms with Gasteiger partial charge in [-0.25, -0.2) is 0 Å². The van der Waals surface area contributed by atoms with Crippen LogP contribution in [0.5, 0.6) is 0 Å². The van der Waals surface area contributed by atoms with Gasteiger partial charge in [0.25, 0.3) is 0 Å². The van der Waals surface area contributed by atoms with Gasteiger partial charge in [-0.1, -0.05) is 194 Å². The van der Waals surface area contributed by atoms with Crippen LogP contribution in [-0.4, -0.2) is 54.8 Å². The minimum Gasteiger partial charge on any atom is -0.464 e. The smallest absolute Gasteiger partial charge is 0.305 e. The molecule has 0 saturated heterocycles. The summed E-state index contributed by atoms with van der Waals surface area (Å²) in [5.41, 5.74) is 0. The molecule has 0 aliphatic rings. The highest BCUT2D eigenvalue weighted by molar-refractivity contribution is 5.79. The standard InChI is InChI=1S/C46H87NO6/c1-4-6-8-10-12-14-16-18-20-22-24-26-28-30-32-37-45(50)52-41-39-47(44(49)36-34-35-43(3)48)40-42-53-46(51)38-33-31-29-27-25-23-21-19-17-15-13-11-9-7-5-2/h4-42H2,1-3H3. The number of rotatable bonds is 42. The van der Waals surface area contributed by atoms with Gasteiger partial charge < -0.3 is 19.2 Å². The number of esters is 2. The van der Waals surface area contributed by atoms with Gasteiger partial charge in [-0.2, -0.15) is 0 Å². The Kier molecular flexibility index (Phi) is 39.8. The number of amides is 1. The van der Waals surface area contributed by atoms with Gasteiger partial charge >= 0.3 is 11.9 Å². The maximum atomic E-state index is 12.9. The van der Waals surface area contributed by atoms with E-state index in [-0.39, 0.29) is 56.4 Å². The highest BCUT2D eigenvalue weighted by Gasteiger charge is 2.16. The average molecular weight is 750 g/mol. The molecule has 0 fully saturated rings. The Balaban J connectivity index is 3.99. The van der Waals surface area contributed by atoms with Gasteiger partial charge in [0.05, 0.1) is 13.1 Å². The minimum atomic E-state index is -0.224. The third kappa shape index (κ3) is 39.6. The summed E-state index contributed by atoms with van der Waals surface area (Å²) in [6.07, 6.45) is 40.4. The molecule has 0 aliphatic heterocycles. The van der Waals surface area contributed by atoms with E-state index in [1.807, 2.05) is 0 Å². The Labute approximate surface area is 328 Å². The van der Waals surface area contributed by atoms with Crippen molar-refractivity contribution in [2.24, 2.45) is 0 Å². The van der Waals surface area contributed by atoms with E-state index in [2.05, 4.69) is 13.8 Å². The first-order valence-electron chi connectivity index (χ1n) is 23.0. The third-order valence-corrected chi connectivity index (χ3v) is 10.5. The molecule has 0 atom stereocenters. The highest BCUT2D eigenvalue weighted by Crippen LogP contribution is 2.16. The second kappa shape index (κ2) is 41.2. The number of carbonyl (C=O) groups excluding carboxylic acids is 4. The third-order valence-electron chi connectivity index (χ3n) is 10.5. The monoisotopic (exact) mass is 750 g/mol. The SMILES string of the molecule is CCCCCCCCCCCCCCCCCC(=O)OCCN(CCOC(=O)CCCCCCCCCCCCCCCCC)C(=O)CCCC(C)=O. The highest BCUT2D eigenvalue weighted by atomic mass is 16.5. The number of Topliss-reactive ketones (excluding diaryl/α,β-unsaturated/α-hetero) is 1. The van der Waals surface area contributed by atoms with Crippen LogP contribution >= 0.6 is 0 Å². The molecule has 7 heteroatoms. The van der Waals surface area contributed by atoms with Gasteiger partial charge in [-0.05, 0) is 26.2 Å². The summed E-state index contributed by atoms with van der Waals surface area (Å²) in [7, 11) is 0. The molecule has 0 bridgehead atoms. The quantitative estimate of drug-likeness (QED) is 0.0456. The maximum Gasteiger partial charge on any atom is 0.305 e. The lowest BCUT2D eigenvalue weighted by Gasteiger charge is -2.22. The molecular weight excluding hydrogens is 663 g/mol. The van der Waals surface area contributed by atoms with Crippen LogP contribution in [0, 0.1) is 0 Å². The molecule has 0 aliphatic carbocycles. The van der Waals surface area contributed by atoms with Crippen molar-refractivity contribution in [3.8, 4) is 0 Å². The van der Waals surface area contributed by atoms with Crippen LogP contribution in [0.15, 0.2) is 0 Å². The van der Waals surface area contributed by atoms with Crippen molar-refractivity contribution in [2.45, 2.75) is 245 Å². The van der Waals surface area contributed by atoms with Crippen LogP contribution < -0.4 is 0 Å². The zero-order valence-electron chi connectivity index (χ0n) is 35.5. The number of unbranched alkanes of at least 4 members (excludes halogenated alkanes) is 28. The van der Waals surface area contributed by atoms with E-state index in [4.69, 9.17) is 9.47 Å². The molecule has 7 nitrogen and oxygen atoms in total. The van der Waals surface area contributed by atoms with Crippen LogP contribution in [0.2, 0.25) is 0 Å².